The zero-order chi connectivity index (χ0) is 25.9. The highest BCUT2D eigenvalue weighted by molar-refractivity contribution is 5.90. The molecule has 9 nitrogen and oxygen atoms in total. The van der Waals surface area contributed by atoms with Gasteiger partial charge >= 0.3 is 0 Å². The fourth-order valence-corrected chi connectivity index (χ4v) is 4.83. The molecule has 1 atom stereocenters. The standard InChI is InChI=1S/C24H26F3N7O2/c1-12(2)34-13(3)28-20-17(25)8-15(9-18(20)34)16-6-7-33-21(16)22(36-5)30-23(31-33)29-19-10-32(14(4)35)11-24(19,26)27/h6-9,12,19H,10-11H2,1-5H3,(H,29,31). The number of rotatable bonds is 5. The third-order valence-corrected chi connectivity index (χ3v) is 6.49. The minimum Gasteiger partial charge on any atom is -0.479 e. The maximum absolute atomic E-state index is 15.1. The number of halogens is 3. The number of benzene rings is 1. The molecule has 0 saturated carbocycles. The molecule has 1 aliphatic rings. The molecule has 190 valence electrons. The Bertz CT molecular complexity index is 1490. The summed E-state index contributed by atoms with van der Waals surface area (Å²) < 4.78 is 52.9. The van der Waals surface area contributed by atoms with Gasteiger partial charge in [-0.1, -0.05) is 0 Å². The van der Waals surface area contributed by atoms with Crippen molar-refractivity contribution in [3.63, 3.8) is 0 Å². The van der Waals surface area contributed by atoms with E-state index in [1.165, 1.54) is 24.6 Å². The minimum absolute atomic E-state index is 0.0771. The van der Waals surface area contributed by atoms with Crippen molar-refractivity contribution in [3.05, 3.63) is 36.0 Å². The predicted octanol–water partition coefficient (Wildman–Crippen LogP) is 4.06. The van der Waals surface area contributed by atoms with E-state index in [0.717, 1.165) is 4.90 Å². The summed E-state index contributed by atoms with van der Waals surface area (Å²) in [6.45, 7) is 6.24. The van der Waals surface area contributed by atoms with Crippen LogP contribution in [0.2, 0.25) is 0 Å². The number of anilines is 1. The van der Waals surface area contributed by atoms with Crippen LogP contribution < -0.4 is 10.1 Å². The molecule has 3 aromatic heterocycles. The monoisotopic (exact) mass is 501 g/mol. The van der Waals surface area contributed by atoms with Gasteiger partial charge in [-0.05, 0) is 44.5 Å². The summed E-state index contributed by atoms with van der Waals surface area (Å²) in [5, 5.41) is 6.98. The molecular weight excluding hydrogens is 475 g/mol. The first-order valence-corrected chi connectivity index (χ1v) is 11.5. The Hall–Kier alpha value is -3.83. The number of fused-ring (bicyclic) bond motifs is 2. The van der Waals surface area contributed by atoms with E-state index in [0.29, 0.717) is 33.5 Å². The Morgan fingerprint density at radius 1 is 1.28 bits per heavy atom. The van der Waals surface area contributed by atoms with Crippen LogP contribution in [-0.4, -0.2) is 67.1 Å². The van der Waals surface area contributed by atoms with Gasteiger partial charge < -0.3 is 19.5 Å². The highest BCUT2D eigenvalue weighted by Crippen LogP contribution is 2.36. The molecule has 36 heavy (non-hydrogen) atoms. The summed E-state index contributed by atoms with van der Waals surface area (Å²) in [6.07, 6.45) is 1.63. The number of amides is 1. The zero-order valence-electron chi connectivity index (χ0n) is 20.5. The molecular formula is C24H26F3N7O2. The summed E-state index contributed by atoms with van der Waals surface area (Å²) in [7, 11) is 1.41. The maximum atomic E-state index is 15.1. The topological polar surface area (TPSA) is 89.6 Å². The second kappa shape index (κ2) is 8.38. The van der Waals surface area contributed by atoms with Crippen LogP contribution in [-0.2, 0) is 4.79 Å². The van der Waals surface area contributed by atoms with E-state index in [9.17, 15) is 13.6 Å². The average molecular weight is 502 g/mol. The Kier molecular flexibility index (Phi) is 5.56. The normalized spacial score (nSPS) is 17.5. The van der Waals surface area contributed by atoms with Crippen LogP contribution in [0.15, 0.2) is 24.4 Å². The van der Waals surface area contributed by atoms with E-state index in [2.05, 4.69) is 20.4 Å². The number of aromatic nitrogens is 5. The van der Waals surface area contributed by atoms with Crippen molar-refractivity contribution in [2.75, 3.05) is 25.5 Å². The van der Waals surface area contributed by atoms with Crippen molar-refractivity contribution >= 4 is 28.4 Å². The largest absolute Gasteiger partial charge is 0.479 e. The van der Waals surface area contributed by atoms with E-state index in [1.807, 2.05) is 31.4 Å². The molecule has 0 radical (unpaired) electrons. The SMILES string of the molecule is COc1nc(NC2CN(C(C)=O)CC2(F)F)nn2ccc(-c3cc(F)c4nc(C)n(C(C)C)c4c3)c12. The van der Waals surface area contributed by atoms with Gasteiger partial charge in [0.25, 0.3) is 5.92 Å². The third kappa shape index (κ3) is 3.80. The van der Waals surface area contributed by atoms with Gasteiger partial charge in [-0.3, -0.25) is 4.79 Å². The summed E-state index contributed by atoms with van der Waals surface area (Å²) in [4.78, 5) is 21.3. The predicted molar refractivity (Wildman–Crippen MR) is 128 cm³/mol. The number of methoxy groups -OCH3 is 1. The van der Waals surface area contributed by atoms with Crippen LogP contribution in [0.1, 0.15) is 32.6 Å². The number of nitrogens with one attached hydrogen (secondary N) is 1. The van der Waals surface area contributed by atoms with Crippen LogP contribution in [0.25, 0.3) is 27.7 Å². The zero-order valence-corrected chi connectivity index (χ0v) is 20.5. The molecule has 5 rings (SSSR count). The van der Waals surface area contributed by atoms with Gasteiger partial charge in [0, 0.05) is 31.3 Å². The van der Waals surface area contributed by atoms with E-state index in [4.69, 9.17) is 4.74 Å². The van der Waals surface area contributed by atoms with Crippen LogP contribution in [0.4, 0.5) is 19.1 Å². The van der Waals surface area contributed by atoms with E-state index in [1.54, 1.807) is 12.3 Å². The van der Waals surface area contributed by atoms with E-state index in [-0.39, 0.29) is 24.4 Å². The van der Waals surface area contributed by atoms with Gasteiger partial charge in [-0.15, -0.1) is 5.10 Å². The molecule has 1 aromatic carbocycles. The lowest BCUT2D eigenvalue weighted by Gasteiger charge is -2.19. The van der Waals surface area contributed by atoms with Gasteiger partial charge in [-0.2, -0.15) is 4.98 Å². The highest BCUT2D eigenvalue weighted by Gasteiger charge is 2.49. The lowest BCUT2D eigenvalue weighted by atomic mass is 10.1. The van der Waals surface area contributed by atoms with Crippen molar-refractivity contribution < 1.29 is 22.7 Å². The van der Waals surface area contributed by atoms with Crippen LogP contribution in [0.3, 0.4) is 0 Å². The maximum Gasteiger partial charge on any atom is 0.286 e. The molecule has 1 saturated heterocycles. The number of alkyl halides is 2. The number of hydrogen-bond donors (Lipinski definition) is 1. The summed E-state index contributed by atoms with van der Waals surface area (Å²) >= 11 is 0. The molecule has 4 aromatic rings. The number of carbonyl (C=O) groups is 1. The average Bonchev–Trinajstić information content (AvgIpc) is 3.46. The molecule has 0 aliphatic carbocycles. The van der Waals surface area contributed by atoms with Crippen molar-refractivity contribution in [1.82, 2.24) is 29.0 Å². The van der Waals surface area contributed by atoms with Gasteiger partial charge in [0.05, 0.1) is 19.2 Å². The van der Waals surface area contributed by atoms with Crippen LogP contribution in [0.5, 0.6) is 5.88 Å². The van der Waals surface area contributed by atoms with Crippen molar-refractivity contribution in [2.45, 2.75) is 45.7 Å². The number of nitrogens with zero attached hydrogens (tertiary/aromatic N) is 6. The lowest BCUT2D eigenvalue weighted by molar-refractivity contribution is -0.129. The molecule has 4 heterocycles. The lowest BCUT2D eigenvalue weighted by Crippen LogP contribution is -2.38. The first kappa shape index (κ1) is 23.9. The fraction of sp³-hybridized carbons (Fsp3) is 0.417. The second-order valence-corrected chi connectivity index (χ2v) is 9.27. The van der Waals surface area contributed by atoms with E-state index < -0.39 is 30.2 Å². The van der Waals surface area contributed by atoms with Gasteiger partial charge in [-0.25, -0.2) is 22.7 Å². The first-order chi connectivity index (χ1) is 17.0. The third-order valence-electron chi connectivity index (χ3n) is 6.49. The smallest absolute Gasteiger partial charge is 0.286 e. The number of carbonyl (C=O) groups excluding carboxylic acids is 1. The minimum atomic E-state index is -3.15. The molecule has 0 bridgehead atoms. The van der Waals surface area contributed by atoms with Gasteiger partial charge in [0.1, 0.15) is 22.9 Å². The van der Waals surface area contributed by atoms with Crippen molar-refractivity contribution in [3.8, 4) is 17.0 Å². The second-order valence-electron chi connectivity index (χ2n) is 9.27. The van der Waals surface area contributed by atoms with Crippen molar-refractivity contribution in [2.24, 2.45) is 0 Å². The van der Waals surface area contributed by atoms with Crippen LogP contribution >= 0.6 is 0 Å². The summed E-state index contributed by atoms with van der Waals surface area (Å²) in [5.74, 6) is -3.27. The Labute approximate surface area is 204 Å². The summed E-state index contributed by atoms with van der Waals surface area (Å²) in [5.41, 5.74) is 2.60. The first-order valence-electron chi connectivity index (χ1n) is 11.5. The number of ether oxygens (including phenoxy) is 1. The van der Waals surface area contributed by atoms with Gasteiger partial charge in [0.2, 0.25) is 17.7 Å². The molecule has 0 spiro atoms. The fourth-order valence-electron chi connectivity index (χ4n) is 4.83. The number of imidazole rings is 1. The number of aryl methyl sites for hydroxylation is 1. The summed E-state index contributed by atoms with van der Waals surface area (Å²) in [6, 6.07) is 3.72. The Balaban J connectivity index is 1.57. The van der Waals surface area contributed by atoms with Crippen LogP contribution in [0, 0.1) is 12.7 Å². The molecule has 1 N–H and O–H groups in total. The Morgan fingerprint density at radius 2 is 2.03 bits per heavy atom. The number of likely N-dealkylation sites (tertiary alicyclic amines) is 1. The van der Waals surface area contributed by atoms with E-state index >= 15 is 4.39 Å². The quantitative estimate of drug-likeness (QED) is 0.444. The highest BCUT2D eigenvalue weighted by atomic mass is 19.3. The molecule has 12 heteroatoms. The van der Waals surface area contributed by atoms with Crippen molar-refractivity contribution in [1.29, 1.82) is 0 Å². The molecule has 1 fully saturated rings. The molecule has 1 aliphatic heterocycles. The Morgan fingerprint density at radius 3 is 2.67 bits per heavy atom. The van der Waals surface area contributed by atoms with Gasteiger partial charge in [0.15, 0.2) is 5.82 Å². The molecule has 1 unspecified atom stereocenters. The molecule has 1 amide bonds. The number of hydrogen-bond acceptors (Lipinski definition) is 6.